The van der Waals surface area contributed by atoms with E-state index in [-0.39, 0.29) is 6.61 Å². The van der Waals surface area contributed by atoms with Gasteiger partial charge in [0.25, 0.3) is 0 Å². The molecule has 0 bridgehead atoms. The number of nitrogens with zero attached hydrogens (tertiary/aromatic N) is 1. The van der Waals surface area contributed by atoms with Gasteiger partial charge in [-0.25, -0.2) is 9.59 Å². The molecule has 0 heterocycles. The minimum Gasteiger partial charge on any atom is -0.480 e. The molecule has 0 spiro atoms. The maximum atomic E-state index is 13.4. The lowest BCUT2D eigenvalue weighted by molar-refractivity contribution is -0.145. The molecule has 2 aromatic rings. The average molecular weight is 637 g/mol. The van der Waals surface area contributed by atoms with Crippen molar-refractivity contribution in [1.82, 2.24) is 10.2 Å². The number of aliphatic carboxylic acids is 1. The maximum Gasteiger partial charge on any atom is 0.411 e. The van der Waals surface area contributed by atoms with E-state index in [1.54, 1.807) is 46.5 Å². The van der Waals surface area contributed by atoms with Crippen molar-refractivity contribution in [3.8, 4) is 11.1 Å². The summed E-state index contributed by atoms with van der Waals surface area (Å²) in [5, 5.41) is 21.1. The Labute approximate surface area is 273 Å². The number of rotatable bonds is 9. The molecule has 46 heavy (non-hydrogen) atoms. The number of hydrogen-bond donors (Lipinski definition) is 3. The smallest absolute Gasteiger partial charge is 0.411 e. The SMILES string of the molecule is C1CCC(C2CCCCC2)CC1.COC(=O)N(C(COC(C)(C)C)C(=O)N[C@@H](CO)C(=O)O)C1c2ccccc2-c2ccccc21. The minimum atomic E-state index is -1.53. The van der Waals surface area contributed by atoms with Gasteiger partial charge in [0.15, 0.2) is 0 Å². The molecule has 2 saturated carbocycles. The van der Waals surface area contributed by atoms with Crippen molar-refractivity contribution in [3.63, 3.8) is 0 Å². The van der Waals surface area contributed by atoms with Gasteiger partial charge in [0.1, 0.15) is 12.1 Å². The Morgan fingerprint density at radius 3 is 1.74 bits per heavy atom. The van der Waals surface area contributed by atoms with Gasteiger partial charge in [-0.15, -0.1) is 0 Å². The van der Waals surface area contributed by atoms with Gasteiger partial charge in [-0.3, -0.25) is 9.69 Å². The monoisotopic (exact) mass is 636 g/mol. The van der Waals surface area contributed by atoms with Gasteiger partial charge < -0.3 is 25.0 Å². The first-order valence-electron chi connectivity index (χ1n) is 16.9. The molecular formula is C37H52N2O7. The first kappa shape index (κ1) is 35.4. The fourth-order valence-corrected chi connectivity index (χ4v) is 7.22. The number of aliphatic hydroxyl groups excluding tert-OH is 1. The van der Waals surface area contributed by atoms with Gasteiger partial charge in [-0.2, -0.15) is 0 Å². The Kier molecular flexibility index (Phi) is 12.6. The third-order valence-electron chi connectivity index (χ3n) is 9.54. The molecule has 2 amide bonds. The molecule has 0 aromatic heterocycles. The Hall–Kier alpha value is -3.43. The second-order valence-electron chi connectivity index (χ2n) is 13.8. The van der Waals surface area contributed by atoms with Gasteiger partial charge in [-0.1, -0.05) is 113 Å². The lowest BCUT2D eigenvalue weighted by atomic mass is 9.73. The van der Waals surface area contributed by atoms with Crippen LogP contribution in [-0.4, -0.2) is 71.1 Å². The highest BCUT2D eigenvalue weighted by atomic mass is 16.5. The molecule has 3 aliphatic carbocycles. The molecule has 252 valence electrons. The zero-order valence-electron chi connectivity index (χ0n) is 27.9. The van der Waals surface area contributed by atoms with Crippen LogP contribution in [0.15, 0.2) is 48.5 Å². The Morgan fingerprint density at radius 1 is 0.848 bits per heavy atom. The largest absolute Gasteiger partial charge is 0.480 e. The predicted molar refractivity (Wildman–Crippen MR) is 177 cm³/mol. The first-order valence-corrected chi connectivity index (χ1v) is 16.9. The molecule has 0 radical (unpaired) electrons. The van der Waals surface area contributed by atoms with E-state index in [9.17, 15) is 24.6 Å². The number of benzene rings is 2. The zero-order valence-corrected chi connectivity index (χ0v) is 27.9. The number of carboxylic acids is 1. The molecule has 9 nitrogen and oxygen atoms in total. The first-order chi connectivity index (χ1) is 22.1. The van der Waals surface area contributed by atoms with Gasteiger partial charge in [0, 0.05) is 0 Å². The second-order valence-corrected chi connectivity index (χ2v) is 13.8. The van der Waals surface area contributed by atoms with E-state index >= 15 is 0 Å². The van der Waals surface area contributed by atoms with Gasteiger partial charge in [-0.05, 0) is 54.9 Å². The van der Waals surface area contributed by atoms with Crippen molar-refractivity contribution in [2.24, 2.45) is 11.8 Å². The van der Waals surface area contributed by atoms with E-state index in [1.165, 1.54) is 50.5 Å². The number of amides is 2. The van der Waals surface area contributed by atoms with Gasteiger partial charge in [0.2, 0.25) is 5.91 Å². The molecule has 9 heteroatoms. The quantitative estimate of drug-likeness (QED) is 0.279. The van der Waals surface area contributed by atoms with Crippen LogP contribution < -0.4 is 5.32 Å². The molecule has 2 fully saturated rings. The highest BCUT2D eigenvalue weighted by molar-refractivity contribution is 5.91. The number of nitrogens with one attached hydrogen (secondary N) is 1. The number of carbonyl (C=O) groups excluding carboxylic acids is 2. The normalized spacial score (nSPS) is 18.3. The van der Waals surface area contributed by atoms with Gasteiger partial charge >= 0.3 is 12.1 Å². The highest BCUT2D eigenvalue weighted by Gasteiger charge is 2.43. The fraction of sp³-hybridized carbons (Fsp3) is 0.595. The molecule has 0 saturated heterocycles. The summed E-state index contributed by atoms with van der Waals surface area (Å²) in [6, 6.07) is 11.7. The van der Waals surface area contributed by atoms with Crippen molar-refractivity contribution in [1.29, 1.82) is 0 Å². The molecule has 2 atom stereocenters. The van der Waals surface area contributed by atoms with Crippen molar-refractivity contribution >= 4 is 18.0 Å². The van der Waals surface area contributed by atoms with Crippen LogP contribution in [-0.2, 0) is 19.1 Å². The number of methoxy groups -OCH3 is 1. The summed E-state index contributed by atoms with van der Waals surface area (Å²) < 4.78 is 11.0. The number of fused-ring (bicyclic) bond motifs is 3. The van der Waals surface area contributed by atoms with Crippen LogP contribution in [0.3, 0.4) is 0 Å². The summed E-state index contributed by atoms with van der Waals surface area (Å²) >= 11 is 0. The predicted octanol–water partition coefficient (Wildman–Crippen LogP) is 6.72. The van der Waals surface area contributed by atoms with Crippen molar-refractivity contribution < 1.29 is 34.1 Å². The summed E-state index contributed by atoms with van der Waals surface area (Å²) in [6.07, 6.45) is 14.6. The van der Waals surface area contributed by atoms with Crippen LogP contribution in [0.25, 0.3) is 11.1 Å². The van der Waals surface area contributed by atoms with Crippen LogP contribution in [0, 0.1) is 11.8 Å². The summed E-state index contributed by atoms with van der Waals surface area (Å²) in [7, 11) is 1.22. The minimum absolute atomic E-state index is 0.219. The lowest BCUT2D eigenvalue weighted by Crippen LogP contribution is -2.57. The summed E-state index contributed by atoms with van der Waals surface area (Å²) in [6.45, 7) is 4.39. The molecular weight excluding hydrogens is 584 g/mol. The van der Waals surface area contributed by atoms with Crippen molar-refractivity contribution in [3.05, 3.63) is 59.7 Å². The van der Waals surface area contributed by atoms with E-state index in [2.05, 4.69) is 5.32 Å². The summed E-state index contributed by atoms with van der Waals surface area (Å²) in [4.78, 5) is 39.3. The average Bonchev–Trinajstić information content (AvgIpc) is 3.39. The Morgan fingerprint density at radius 2 is 1.33 bits per heavy atom. The van der Waals surface area contributed by atoms with E-state index in [0.29, 0.717) is 0 Å². The molecule has 1 unspecified atom stereocenters. The maximum absolute atomic E-state index is 13.4. The number of aliphatic hydroxyl groups is 1. The lowest BCUT2D eigenvalue weighted by Gasteiger charge is -2.37. The Balaban J connectivity index is 0.000000331. The molecule has 2 aromatic carbocycles. The third kappa shape index (κ3) is 8.88. The van der Waals surface area contributed by atoms with Gasteiger partial charge in [0.05, 0.1) is 32.0 Å². The topological polar surface area (TPSA) is 125 Å². The highest BCUT2D eigenvalue weighted by Crippen LogP contribution is 2.47. The standard InChI is InChI=1S/C25H30N2O7.C12H22/c1-25(2,3)34-14-20(22(29)26-19(13-28)23(30)31)27(24(32)33-4)21-17-11-7-5-9-15(17)16-10-6-8-12-18(16)21;1-3-7-11(8-4-1)12-9-5-2-6-10-12/h5-12,19-21,28H,13-14H2,1-4H3,(H,26,29)(H,30,31);11-12H,1-10H2/t19-,20?;/m0./s1. The number of carbonyl (C=O) groups is 3. The van der Waals surface area contributed by atoms with E-state index < -0.39 is 48.3 Å². The summed E-state index contributed by atoms with van der Waals surface area (Å²) in [5.74, 6) is 0.101. The van der Waals surface area contributed by atoms with E-state index in [4.69, 9.17) is 9.47 Å². The molecule has 3 N–H and O–H groups in total. The van der Waals surface area contributed by atoms with Crippen LogP contribution in [0.5, 0.6) is 0 Å². The number of carboxylic acid groups (broad SMARTS) is 1. The fourth-order valence-electron chi connectivity index (χ4n) is 7.22. The second kappa shape index (κ2) is 16.4. The van der Waals surface area contributed by atoms with Crippen molar-refractivity contribution in [2.75, 3.05) is 20.3 Å². The molecule has 0 aliphatic heterocycles. The summed E-state index contributed by atoms with van der Waals surface area (Å²) in [5.41, 5.74) is 2.81. The third-order valence-corrected chi connectivity index (χ3v) is 9.54. The van der Waals surface area contributed by atoms with E-state index in [0.717, 1.165) is 34.1 Å². The zero-order chi connectivity index (χ0) is 33.3. The van der Waals surface area contributed by atoms with Crippen LogP contribution in [0.2, 0.25) is 0 Å². The van der Waals surface area contributed by atoms with Crippen molar-refractivity contribution in [2.45, 2.75) is 109 Å². The molecule has 5 rings (SSSR count). The van der Waals surface area contributed by atoms with Crippen LogP contribution in [0.4, 0.5) is 4.79 Å². The Bertz CT molecular complexity index is 1250. The molecule has 3 aliphatic rings. The van der Waals surface area contributed by atoms with Crippen LogP contribution in [0.1, 0.15) is 102 Å². The number of hydrogen-bond acceptors (Lipinski definition) is 6. The van der Waals surface area contributed by atoms with Crippen LogP contribution >= 0.6 is 0 Å². The number of ether oxygens (including phenoxy) is 2. The van der Waals surface area contributed by atoms with E-state index in [1.807, 2.05) is 48.5 Å².